The smallest absolute Gasteiger partial charge is 0.433 e. The Morgan fingerprint density at radius 2 is 1.88 bits per heavy atom. The molecule has 4 heterocycles. The number of halogens is 3. The Morgan fingerprint density at radius 1 is 1.09 bits per heavy atom. The maximum absolute atomic E-state index is 12.6. The summed E-state index contributed by atoms with van der Waals surface area (Å²) >= 11 is 0. The molecule has 0 aromatic carbocycles. The van der Waals surface area contributed by atoms with Gasteiger partial charge >= 0.3 is 6.18 Å². The van der Waals surface area contributed by atoms with E-state index in [1.807, 2.05) is 13.0 Å². The van der Waals surface area contributed by atoms with Gasteiger partial charge in [-0.25, -0.2) is 0 Å². The molecule has 0 spiro atoms. The second-order valence-electron chi connectivity index (χ2n) is 8.38. The Bertz CT molecular complexity index is 1160. The second-order valence-corrected chi connectivity index (χ2v) is 8.38. The van der Waals surface area contributed by atoms with Crippen molar-refractivity contribution >= 4 is 11.0 Å². The normalized spacial score (nSPS) is 15.6. The zero-order valence-corrected chi connectivity index (χ0v) is 19.0. The summed E-state index contributed by atoms with van der Waals surface area (Å²) in [6.45, 7) is 5.98. The van der Waals surface area contributed by atoms with Crippen molar-refractivity contribution in [1.29, 1.82) is 0 Å². The first kappa shape index (κ1) is 24.2. The fourth-order valence-corrected chi connectivity index (χ4v) is 4.19. The molecular formula is C24H28F3N5O2. The molecule has 1 N–H and O–H groups in total. The van der Waals surface area contributed by atoms with Crippen LogP contribution in [0, 0.1) is 0 Å². The molecule has 0 aliphatic carbocycles. The van der Waals surface area contributed by atoms with Crippen molar-refractivity contribution < 1.29 is 17.9 Å². The van der Waals surface area contributed by atoms with E-state index in [-0.39, 0.29) is 11.6 Å². The van der Waals surface area contributed by atoms with Gasteiger partial charge in [0.2, 0.25) is 0 Å². The van der Waals surface area contributed by atoms with Crippen LogP contribution in [0.25, 0.3) is 11.0 Å². The number of ether oxygens (including phenoxy) is 1. The lowest BCUT2D eigenvalue weighted by atomic mass is 10.0. The molecular weight excluding hydrogens is 447 g/mol. The molecule has 34 heavy (non-hydrogen) atoms. The van der Waals surface area contributed by atoms with E-state index in [1.165, 1.54) is 12.3 Å². The molecule has 4 rings (SSSR count). The van der Waals surface area contributed by atoms with Crippen LogP contribution in [0.5, 0.6) is 5.75 Å². The molecule has 3 aromatic rings. The van der Waals surface area contributed by atoms with Crippen molar-refractivity contribution in [3.8, 4) is 5.75 Å². The summed E-state index contributed by atoms with van der Waals surface area (Å²) in [5.41, 5.74) is 1.30. The minimum absolute atomic E-state index is 0.0651. The Labute approximate surface area is 195 Å². The molecule has 0 radical (unpaired) electrons. The Morgan fingerprint density at radius 3 is 2.56 bits per heavy atom. The molecule has 1 aliphatic rings. The average Bonchev–Trinajstić information content (AvgIpc) is 2.83. The van der Waals surface area contributed by atoms with Gasteiger partial charge in [0.05, 0.1) is 23.8 Å². The largest absolute Gasteiger partial charge is 0.492 e. The summed E-state index contributed by atoms with van der Waals surface area (Å²) in [6.07, 6.45) is 0.374. The van der Waals surface area contributed by atoms with Crippen LogP contribution in [0.15, 0.2) is 47.5 Å². The fraction of sp³-hybridized carbons (Fsp3) is 0.458. The standard InChI is InChI=1S/C24H28F3N5O2/c1-2-34-19-13-21-20(29-16-19)4-6-23(33)32(21)12-11-31-9-7-18(8-10-31)28-14-17-3-5-22(30-15-17)24(25,26)27/h3-6,13,15-16,18,28H,2,7-12,14H2,1H3. The lowest BCUT2D eigenvalue weighted by molar-refractivity contribution is -0.141. The van der Waals surface area contributed by atoms with Crippen molar-refractivity contribution in [3.05, 3.63) is 64.3 Å². The van der Waals surface area contributed by atoms with Gasteiger partial charge in [-0.15, -0.1) is 0 Å². The van der Waals surface area contributed by atoms with Crippen molar-refractivity contribution in [2.75, 3.05) is 26.2 Å². The van der Waals surface area contributed by atoms with Crippen molar-refractivity contribution in [3.63, 3.8) is 0 Å². The SMILES string of the molecule is CCOc1cnc2ccc(=O)n(CCN3CCC(NCc4ccc(C(F)(F)F)nc4)CC3)c2c1. The van der Waals surface area contributed by atoms with Gasteiger partial charge in [0.1, 0.15) is 11.4 Å². The summed E-state index contributed by atoms with van der Waals surface area (Å²) in [7, 11) is 0. The third kappa shape index (κ3) is 5.92. The molecule has 10 heteroatoms. The zero-order valence-electron chi connectivity index (χ0n) is 19.0. The zero-order chi connectivity index (χ0) is 24.1. The first-order valence-corrected chi connectivity index (χ1v) is 11.4. The third-order valence-corrected chi connectivity index (χ3v) is 6.06. The predicted octanol–water partition coefficient (Wildman–Crippen LogP) is 3.46. The number of fused-ring (bicyclic) bond motifs is 1. The van der Waals surface area contributed by atoms with Crippen LogP contribution in [0.2, 0.25) is 0 Å². The maximum atomic E-state index is 12.6. The fourth-order valence-electron chi connectivity index (χ4n) is 4.19. The molecule has 1 aliphatic heterocycles. The monoisotopic (exact) mass is 475 g/mol. The quantitative estimate of drug-likeness (QED) is 0.538. The summed E-state index contributed by atoms with van der Waals surface area (Å²) in [5.74, 6) is 0.643. The topological polar surface area (TPSA) is 72.3 Å². The van der Waals surface area contributed by atoms with Crippen molar-refractivity contribution in [2.45, 2.75) is 45.1 Å². The summed E-state index contributed by atoms with van der Waals surface area (Å²) in [4.78, 5) is 22.8. The molecule has 1 saturated heterocycles. The van der Waals surface area contributed by atoms with Crippen molar-refractivity contribution in [1.82, 2.24) is 24.8 Å². The molecule has 0 amide bonds. The second kappa shape index (κ2) is 10.5. The van der Waals surface area contributed by atoms with Gasteiger partial charge in [0.15, 0.2) is 0 Å². The van der Waals surface area contributed by atoms with Crippen LogP contribution in [0.3, 0.4) is 0 Å². The third-order valence-electron chi connectivity index (χ3n) is 6.06. The van der Waals surface area contributed by atoms with E-state index in [0.29, 0.717) is 25.4 Å². The lowest BCUT2D eigenvalue weighted by Gasteiger charge is -2.32. The highest BCUT2D eigenvalue weighted by Crippen LogP contribution is 2.27. The van der Waals surface area contributed by atoms with Crippen LogP contribution < -0.4 is 15.6 Å². The Balaban J connectivity index is 1.28. The highest BCUT2D eigenvalue weighted by molar-refractivity contribution is 5.75. The maximum Gasteiger partial charge on any atom is 0.433 e. The van der Waals surface area contributed by atoms with Crippen LogP contribution in [0.4, 0.5) is 13.2 Å². The first-order chi connectivity index (χ1) is 16.3. The van der Waals surface area contributed by atoms with Gasteiger partial charge in [-0.05, 0) is 50.6 Å². The summed E-state index contributed by atoms with van der Waals surface area (Å²) in [6, 6.07) is 7.90. The van der Waals surface area contributed by atoms with E-state index < -0.39 is 11.9 Å². The minimum Gasteiger partial charge on any atom is -0.492 e. The van der Waals surface area contributed by atoms with Gasteiger partial charge in [-0.1, -0.05) is 6.07 Å². The van der Waals surface area contributed by atoms with Crippen molar-refractivity contribution in [2.24, 2.45) is 0 Å². The van der Waals surface area contributed by atoms with E-state index >= 15 is 0 Å². The molecule has 182 valence electrons. The van der Waals surface area contributed by atoms with E-state index in [1.54, 1.807) is 22.9 Å². The van der Waals surface area contributed by atoms with Gasteiger partial charge < -0.3 is 19.5 Å². The minimum atomic E-state index is -4.42. The number of piperidine rings is 1. The number of pyridine rings is 3. The van der Waals surface area contributed by atoms with Gasteiger partial charge in [0.25, 0.3) is 5.56 Å². The van der Waals surface area contributed by atoms with Crippen LogP contribution in [-0.2, 0) is 19.3 Å². The number of hydrogen-bond donors (Lipinski definition) is 1. The molecule has 1 fully saturated rings. The number of rotatable bonds is 8. The molecule has 7 nitrogen and oxygen atoms in total. The number of likely N-dealkylation sites (tertiary alicyclic amines) is 1. The summed E-state index contributed by atoms with van der Waals surface area (Å²) < 4.78 is 45.2. The van der Waals surface area contributed by atoms with E-state index in [2.05, 4.69) is 20.2 Å². The Kier molecular flexibility index (Phi) is 7.47. The molecule has 0 bridgehead atoms. The lowest BCUT2D eigenvalue weighted by Crippen LogP contribution is -2.43. The Hall–Kier alpha value is -2.98. The van der Waals surface area contributed by atoms with E-state index in [9.17, 15) is 18.0 Å². The number of aromatic nitrogens is 3. The summed E-state index contributed by atoms with van der Waals surface area (Å²) in [5, 5.41) is 3.42. The average molecular weight is 476 g/mol. The molecule has 0 unspecified atom stereocenters. The van der Waals surface area contributed by atoms with Gasteiger partial charge in [-0.3, -0.25) is 14.8 Å². The molecule has 3 aromatic heterocycles. The highest BCUT2D eigenvalue weighted by Gasteiger charge is 2.32. The molecule has 0 atom stereocenters. The van der Waals surface area contributed by atoms with Crippen LogP contribution >= 0.6 is 0 Å². The number of nitrogens with one attached hydrogen (secondary N) is 1. The number of alkyl halides is 3. The van der Waals surface area contributed by atoms with Crippen LogP contribution in [-0.4, -0.2) is 51.7 Å². The highest BCUT2D eigenvalue weighted by atomic mass is 19.4. The van der Waals surface area contributed by atoms with Crippen LogP contribution in [0.1, 0.15) is 31.0 Å². The van der Waals surface area contributed by atoms with E-state index in [0.717, 1.165) is 55.1 Å². The predicted molar refractivity (Wildman–Crippen MR) is 123 cm³/mol. The van der Waals surface area contributed by atoms with Gasteiger partial charge in [0, 0.05) is 44.0 Å². The first-order valence-electron chi connectivity index (χ1n) is 11.4. The number of hydrogen-bond acceptors (Lipinski definition) is 6. The number of nitrogens with zero attached hydrogens (tertiary/aromatic N) is 4. The molecule has 0 saturated carbocycles. The van der Waals surface area contributed by atoms with E-state index in [4.69, 9.17) is 4.74 Å². The van der Waals surface area contributed by atoms with Gasteiger partial charge in [-0.2, -0.15) is 13.2 Å².